The van der Waals surface area contributed by atoms with Crippen LogP contribution in [-0.2, 0) is 14.8 Å². The summed E-state index contributed by atoms with van der Waals surface area (Å²) < 4.78 is 56.6. The highest BCUT2D eigenvalue weighted by atomic mass is 32.2. The number of carboxylic acids is 1. The highest BCUT2D eigenvalue weighted by Crippen LogP contribution is 2.42. The van der Waals surface area contributed by atoms with E-state index in [0.717, 1.165) is 50.3 Å². The fourth-order valence-electron chi connectivity index (χ4n) is 3.56. The number of sulfonamides is 1. The number of aryl methyl sites for hydroxylation is 1. The Labute approximate surface area is 167 Å². The lowest BCUT2D eigenvalue weighted by molar-refractivity contribution is -0.192. The minimum absolute atomic E-state index is 0.315. The number of alkyl halides is 3. The Balaban J connectivity index is 0.000000370. The molecule has 2 saturated heterocycles. The number of piperidine rings is 2. The molecule has 2 aliphatic rings. The minimum Gasteiger partial charge on any atom is -0.475 e. The van der Waals surface area contributed by atoms with Crippen LogP contribution in [-0.4, -0.2) is 72.6 Å². The van der Waals surface area contributed by atoms with Crippen LogP contribution in [0.2, 0.25) is 0 Å². The molecule has 1 N–H and O–H groups in total. The lowest BCUT2D eigenvalue weighted by Gasteiger charge is -2.46. The van der Waals surface area contributed by atoms with Crippen LogP contribution in [0, 0.1) is 12.3 Å². The van der Waals surface area contributed by atoms with Gasteiger partial charge in [-0.3, -0.25) is 0 Å². The van der Waals surface area contributed by atoms with E-state index >= 15 is 0 Å². The SMILES string of the molecule is Cc1ccc(N2CCC3(CC2)CCN(S(C)(=O)=O)CC3)nn1.O=C(O)C(F)(F)F. The van der Waals surface area contributed by atoms with Crippen LogP contribution in [0.5, 0.6) is 0 Å². The summed E-state index contributed by atoms with van der Waals surface area (Å²) in [6, 6.07) is 4.03. The van der Waals surface area contributed by atoms with E-state index in [-0.39, 0.29) is 0 Å². The average Bonchev–Trinajstić information content (AvgIpc) is 2.63. The van der Waals surface area contributed by atoms with Crippen LogP contribution in [0.15, 0.2) is 12.1 Å². The Morgan fingerprint density at radius 3 is 1.93 bits per heavy atom. The van der Waals surface area contributed by atoms with Crippen LogP contribution in [0.25, 0.3) is 0 Å². The molecule has 1 spiro atoms. The summed E-state index contributed by atoms with van der Waals surface area (Å²) in [6.07, 6.45) is 0.408. The van der Waals surface area contributed by atoms with Crippen molar-refractivity contribution in [2.75, 3.05) is 37.3 Å². The lowest BCUT2D eigenvalue weighted by atomic mass is 9.71. The Hall–Kier alpha value is -1.95. The van der Waals surface area contributed by atoms with E-state index < -0.39 is 22.2 Å². The molecule has 2 aliphatic heterocycles. The Kier molecular flexibility index (Phi) is 7.10. The van der Waals surface area contributed by atoms with Gasteiger partial charge in [-0.05, 0) is 50.2 Å². The number of nitrogens with zero attached hydrogens (tertiary/aromatic N) is 4. The van der Waals surface area contributed by atoms with Crippen molar-refractivity contribution in [1.82, 2.24) is 14.5 Å². The average molecular weight is 438 g/mol. The van der Waals surface area contributed by atoms with Crippen LogP contribution in [0.1, 0.15) is 31.4 Å². The largest absolute Gasteiger partial charge is 0.490 e. The maximum atomic E-state index is 11.6. The molecule has 0 saturated carbocycles. The molecule has 3 rings (SSSR count). The lowest BCUT2D eigenvalue weighted by Crippen LogP contribution is -2.48. The summed E-state index contributed by atoms with van der Waals surface area (Å²) >= 11 is 0. The summed E-state index contributed by atoms with van der Waals surface area (Å²) in [5, 5.41) is 15.5. The van der Waals surface area contributed by atoms with Crippen LogP contribution in [0.4, 0.5) is 19.0 Å². The van der Waals surface area contributed by atoms with Crippen molar-refractivity contribution in [3.63, 3.8) is 0 Å². The van der Waals surface area contributed by atoms with Gasteiger partial charge in [0, 0.05) is 26.2 Å². The molecule has 2 fully saturated rings. The number of rotatable bonds is 2. The molecule has 0 radical (unpaired) electrons. The Morgan fingerprint density at radius 1 is 1.07 bits per heavy atom. The van der Waals surface area contributed by atoms with Gasteiger partial charge in [-0.2, -0.15) is 18.3 Å². The summed E-state index contributed by atoms with van der Waals surface area (Å²) in [6.45, 7) is 5.25. The number of carbonyl (C=O) groups is 1. The molecule has 0 aliphatic carbocycles. The van der Waals surface area contributed by atoms with E-state index in [1.54, 1.807) is 4.31 Å². The van der Waals surface area contributed by atoms with E-state index in [1.807, 2.05) is 19.1 Å². The van der Waals surface area contributed by atoms with E-state index in [2.05, 4.69) is 15.1 Å². The monoisotopic (exact) mass is 438 g/mol. The number of hydrogen-bond donors (Lipinski definition) is 1. The molecule has 29 heavy (non-hydrogen) atoms. The molecule has 0 bridgehead atoms. The minimum atomic E-state index is -5.08. The van der Waals surface area contributed by atoms with E-state index in [9.17, 15) is 21.6 Å². The smallest absolute Gasteiger partial charge is 0.475 e. The van der Waals surface area contributed by atoms with Gasteiger partial charge in [0.2, 0.25) is 10.0 Å². The number of anilines is 1. The molecule has 8 nitrogen and oxygen atoms in total. The van der Waals surface area contributed by atoms with Gasteiger partial charge < -0.3 is 10.0 Å². The van der Waals surface area contributed by atoms with Gasteiger partial charge in [-0.15, -0.1) is 5.10 Å². The van der Waals surface area contributed by atoms with E-state index in [4.69, 9.17) is 9.90 Å². The second kappa shape index (κ2) is 8.82. The van der Waals surface area contributed by atoms with Gasteiger partial charge in [0.1, 0.15) is 0 Å². The molecular weight excluding hydrogens is 413 g/mol. The molecular formula is C17H25F3N4O4S. The molecule has 0 unspecified atom stereocenters. The van der Waals surface area contributed by atoms with Crippen molar-refractivity contribution in [1.29, 1.82) is 0 Å². The van der Waals surface area contributed by atoms with Gasteiger partial charge in [-0.1, -0.05) is 0 Å². The van der Waals surface area contributed by atoms with Crippen molar-refractivity contribution >= 4 is 21.8 Å². The van der Waals surface area contributed by atoms with Crippen LogP contribution in [0.3, 0.4) is 0 Å². The summed E-state index contributed by atoms with van der Waals surface area (Å²) in [7, 11) is -3.03. The molecule has 1 aromatic heterocycles. The molecule has 0 amide bonds. The number of aliphatic carboxylic acids is 1. The van der Waals surface area contributed by atoms with Crippen molar-refractivity contribution in [3.05, 3.63) is 17.8 Å². The summed E-state index contributed by atoms with van der Waals surface area (Å²) in [5.74, 6) is -1.80. The van der Waals surface area contributed by atoms with Gasteiger partial charge in [0.15, 0.2) is 5.82 Å². The first kappa shape index (κ1) is 23.3. The first-order valence-electron chi connectivity index (χ1n) is 9.13. The first-order valence-corrected chi connectivity index (χ1v) is 11.0. The van der Waals surface area contributed by atoms with Gasteiger partial charge in [0.25, 0.3) is 0 Å². The number of aromatic nitrogens is 2. The van der Waals surface area contributed by atoms with Gasteiger partial charge in [0.05, 0.1) is 11.9 Å². The van der Waals surface area contributed by atoms with Crippen LogP contribution >= 0.6 is 0 Å². The van der Waals surface area contributed by atoms with E-state index in [0.29, 0.717) is 18.5 Å². The fourth-order valence-corrected chi connectivity index (χ4v) is 4.41. The van der Waals surface area contributed by atoms with Crippen molar-refractivity contribution < 1.29 is 31.5 Å². The molecule has 0 aromatic carbocycles. The normalized spacial score (nSPS) is 20.1. The van der Waals surface area contributed by atoms with Gasteiger partial charge >= 0.3 is 12.1 Å². The van der Waals surface area contributed by atoms with E-state index in [1.165, 1.54) is 6.26 Å². The predicted molar refractivity (Wildman–Crippen MR) is 100.0 cm³/mol. The van der Waals surface area contributed by atoms with Crippen molar-refractivity contribution in [2.45, 2.75) is 38.8 Å². The van der Waals surface area contributed by atoms with Crippen molar-refractivity contribution in [3.8, 4) is 0 Å². The standard InChI is InChI=1S/C15H24N4O2S.C2HF3O2/c1-13-3-4-14(17-16-13)18-9-5-15(6-10-18)7-11-19(12-8-15)22(2,20)21;3-2(4,5)1(6)7/h3-4H,5-12H2,1-2H3;(H,6,7). The molecule has 164 valence electrons. The number of hydrogen-bond acceptors (Lipinski definition) is 6. The Morgan fingerprint density at radius 2 is 1.55 bits per heavy atom. The molecule has 0 atom stereocenters. The predicted octanol–water partition coefficient (Wildman–Crippen LogP) is 2.06. The Bertz CT molecular complexity index is 797. The highest BCUT2D eigenvalue weighted by molar-refractivity contribution is 7.88. The maximum Gasteiger partial charge on any atom is 0.490 e. The maximum absolute atomic E-state index is 11.6. The van der Waals surface area contributed by atoms with Crippen LogP contribution < -0.4 is 4.90 Å². The third-order valence-electron chi connectivity index (χ3n) is 5.43. The molecule has 3 heterocycles. The zero-order valence-corrected chi connectivity index (χ0v) is 17.1. The number of carboxylic acid groups (broad SMARTS) is 1. The second-order valence-electron chi connectivity index (χ2n) is 7.48. The molecule has 12 heteroatoms. The summed E-state index contributed by atoms with van der Waals surface area (Å²) in [4.78, 5) is 11.2. The fraction of sp³-hybridized carbons (Fsp3) is 0.706. The zero-order valence-electron chi connectivity index (χ0n) is 16.3. The number of halogens is 3. The first-order chi connectivity index (χ1) is 13.3. The highest BCUT2D eigenvalue weighted by Gasteiger charge is 2.39. The molecule has 1 aromatic rings. The quantitative estimate of drug-likeness (QED) is 0.754. The third-order valence-corrected chi connectivity index (χ3v) is 6.73. The van der Waals surface area contributed by atoms with Gasteiger partial charge in [-0.25, -0.2) is 17.5 Å². The second-order valence-corrected chi connectivity index (χ2v) is 9.47. The zero-order chi connectivity index (χ0) is 21.9. The topological polar surface area (TPSA) is 104 Å². The third kappa shape index (κ3) is 6.53. The summed E-state index contributed by atoms with van der Waals surface area (Å²) in [5.41, 5.74) is 1.25. The van der Waals surface area contributed by atoms with Crippen molar-refractivity contribution in [2.24, 2.45) is 5.41 Å².